The molecule has 9 nitrogen and oxygen atoms in total. The first-order valence-electron chi connectivity index (χ1n) is 11.5. The second-order valence-corrected chi connectivity index (χ2v) is 8.80. The molecule has 0 saturated carbocycles. The Morgan fingerprint density at radius 2 is 1.94 bits per heavy atom. The van der Waals surface area contributed by atoms with Gasteiger partial charge in [0, 0.05) is 29.1 Å². The zero-order valence-electron chi connectivity index (χ0n) is 19.8. The smallest absolute Gasteiger partial charge is 0.310 e. The quantitative estimate of drug-likeness (QED) is 0.364. The summed E-state index contributed by atoms with van der Waals surface area (Å²) in [7, 11) is 3.19. The van der Waals surface area contributed by atoms with Crippen molar-refractivity contribution >= 4 is 40.1 Å². The Morgan fingerprint density at radius 1 is 1.11 bits per heavy atom. The number of hydrogen-bond acceptors (Lipinski definition) is 8. The van der Waals surface area contributed by atoms with Crippen molar-refractivity contribution in [3.8, 4) is 22.9 Å². The highest BCUT2D eigenvalue weighted by molar-refractivity contribution is 6.31. The van der Waals surface area contributed by atoms with E-state index in [0.717, 1.165) is 30.3 Å². The van der Waals surface area contributed by atoms with E-state index in [-0.39, 0.29) is 11.9 Å². The van der Waals surface area contributed by atoms with Gasteiger partial charge in [-0.2, -0.15) is 0 Å². The number of anilines is 1. The van der Waals surface area contributed by atoms with Gasteiger partial charge in [0.25, 0.3) is 0 Å². The molecule has 0 radical (unpaired) electrons. The lowest BCUT2D eigenvalue weighted by Crippen LogP contribution is -2.40. The number of fused-ring (bicyclic) bond motifs is 3. The molecular weight excluding hydrogens is 470 g/mol. The molecule has 1 unspecified atom stereocenters. The van der Waals surface area contributed by atoms with Gasteiger partial charge in [0.15, 0.2) is 23.0 Å². The minimum Gasteiger partial charge on any atom is -0.493 e. The maximum absolute atomic E-state index is 12.5. The fourth-order valence-corrected chi connectivity index (χ4v) is 4.74. The highest BCUT2D eigenvalue weighted by Crippen LogP contribution is 2.35. The van der Waals surface area contributed by atoms with Gasteiger partial charge in [-0.3, -0.25) is 4.79 Å². The maximum atomic E-state index is 12.5. The molecule has 1 fully saturated rings. The van der Waals surface area contributed by atoms with Gasteiger partial charge in [-0.25, -0.2) is 9.38 Å². The number of hydrogen-bond donors (Lipinski definition) is 0. The molecule has 0 amide bonds. The molecule has 0 aliphatic carbocycles. The van der Waals surface area contributed by atoms with Crippen molar-refractivity contribution in [1.29, 1.82) is 0 Å². The van der Waals surface area contributed by atoms with Crippen LogP contribution >= 0.6 is 11.6 Å². The highest BCUT2D eigenvalue weighted by atomic mass is 35.5. The Hall–Kier alpha value is -3.59. The second kappa shape index (κ2) is 9.58. The Labute approximate surface area is 207 Å². The summed E-state index contributed by atoms with van der Waals surface area (Å²) in [6, 6.07) is 11.1. The zero-order valence-corrected chi connectivity index (χ0v) is 20.6. The van der Waals surface area contributed by atoms with Gasteiger partial charge in [-0.15, -0.1) is 10.2 Å². The molecule has 1 aliphatic heterocycles. The van der Waals surface area contributed by atoms with Gasteiger partial charge < -0.3 is 19.1 Å². The van der Waals surface area contributed by atoms with Crippen LogP contribution in [0.3, 0.4) is 0 Å². The molecule has 2 aromatic carbocycles. The number of carbonyl (C=O) groups excluding carboxylic acids is 1. The van der Waals surface area contributed by atoms with Gasteiger partial charge in [0.1, 0.15) is 0 Å². The molecule has 35 heavy (non-hydrogen) atoms. The van der Waals surface area contributed by atoms with E-state index < -0.39 is 0 Å². The number of carbonyl (C=O) groups is 1. The SMILES string of the molecule is CCOC(=O)C1CCCN(c2nc3cc(Cl)ccc3c3nnc(-c4ccc(OC)c(OC)c4)n23)C1. The van der Waals surface area contributed by atoms with Crippen LogP contribution in [0.15, 0.2) is 36.4 Å². The van der Waals surface area contributed by atoms with E-state index in [1.165, 1.54) is 0 Å². The van der Waals surface area contributed by atoms with Crippen molar-refractivity contribution in [2.75, 3.05) is 38.8 Å². The topological polar surface area (TPSA) is 91.1 Å². The lowest BCUT2D eigenvalue weighted by Gasteiger charge is -2.32. The molecule has 10 heteroatoms. The predicted octanol–water partition coefficient (Wildman–Crippen LogP) is 4.39. The van der Waals surface area contributed by atoms with E-state index in [4.69, 9.17) is 30.8 Å². The number of methoxy groups -OCH3 is 2. The summed E-state index contributed by atoms with van der Waals surface area (Å²) < 4.78 is 18.1. The van der Waals surface area contributed by atoms with Gasteiger partial charge in [0.05, 0.1) is 32.3 Å². The third-order valence-corrected chi connectivity index (χ3v) is 6.49. The number of ether oxygens (including phenoxy) is 3. The zero-order chi connectivity index (χ0) is 24.5. The molecule has 0 N–H and O–H groups in total. The Kier molecular flexibility index (Phi) is 6.34. The standard InChI is InChI=1S/C25H26ClN5O4/c1-4-35-24(32)16-6-5-11-30(14-16)25-27-19-13-17(26)8-9-18(19)23-29-28-22(31(23)25)15-7-10-20(33-2)21(12-15)34-3/h7-10,12-13,16H,4-6,11,14H2,1-3H3. The van der Waals surface area contributed by atoms with Crippen LogP contribution in [0, 0.1) is 5.92 Å². The Bertz CT molecular complexity index is 1410. The fourth-order valence-electron chi connectivity index (χ4n) is 4.58. The summed E-state index contributed by atoms with van der Waals surface area (Å²) >= 11 is 6.29. The number of aromatic nitrogens is 4. The first-order valence-corrected chi connectivity index (χ1v) is 11.9. The van der Waals surface area contributed by atoms with Crippen LogP contribution in [0.2, 0.25) is 5.02 Å². The highest BCUT2D eigenvalue weighted by Gasteiger charge is 2.30. The Balaban J connectivity index is 1.70. The number of benzene rings is 2. The van der Waals surface area contributed by atoms with E-state index in [0.29, 0.717) is 52.6 Å². The maximum Gasteiger partial charge on any atom is 0.310 e. The van der Waals surface area contributed by atoms with Crippen LogP contribution in [-0.4, -0.2) is 59.5 Å². The summed E-state index contributed by atoms with van der Waals surface area (Å²) in [5.74, 6) is 2.07. The molecule has 5 rings (SSSR count). The first-order chi connectivity index (χ1) is 17.0. The van der Waals surface area contributed by atoms with Crippen LogP contribution in [0.4, 0.5) is 5.95 Å². The number of piperidine rings is 1. The van der Waals surface area contributed by atoms with Crippen LogP contribution in [-0.2, 0) is 9.53 Å². The monoisotopic (exact) mass is 495 g/mol. The van der Waals surface area contributed by atoms with Gasteiger partial charge in [-0.05, 0) is 56.2 Å². The summed E-state index contributed by atoms with van der Waals surface area (Å²) in [6.07, 6.45) is 1.62. The van der Waals surface area contributed by atoms with Crippen LogP contribution in [0.5, 0.6) is 11.5 Å². The summed E-state index contributed by atoms with van der Waals surface area (Å²) in [6.45, 7) is 3.43. The largest absolute Gasteiger partial charge is 0.493 e. The molecule has 2 aromatic heterocycles. The molecule has 3 heterocycles. The van der Waals surface area contributed by atoms with E-state index >= 15 is 0 Å². The van der Waals surface area contributed by atoms with Gasteiger partial charge in [0.2, 0.25) is 5.95 Å². The number of halogens is 1. The summed E-state index contributed by atoms with van der Waals surface area (Å²) in [4.78, 5) is 19.6. The normalized spacial score (nSPS) is 16.0. The fraction of sp³-hybridized carbons (Fsp3) is 0.360. The van der Waals surface area contributed by atoms with E-state index in [1.54, 1.807) is 14.2 Å². The van der Waals surface area contributed by atoms with Gasteiger partial charge >= 0.3 is 5.97 Å². The van der Waals surface area contributed by atoms with Crippen LogP contribution < -0.4 is 14.4 Å². The summed E-state index contributed by atoms with van der Waals surface area (Å²) in [5, 5.41) is 10.5. The third kappa shape index (κ3) is 4.20. The average Bonchev–Trinajstić information content (AvgIpc) is 3.33. The van der Waals surface area contributed by atoms with Crippen molar-refractivity contribution in [3.05, 3.63) is 41.4 Å². The van der Waals surface area contributed by atoms with Gasteiger partial charge in [-0.1, -0.05) is 11.6 Å². The van der Waals surface area contributed by atoms with E-state index in [1.807, 2.05) is 47.7 Å². The van der Waals surface area contributed by atoms with Crippen molar-refractivity contribution in [1.82, 2.24) is 19.6 Å². The molecule has 1 saturated heterocycles. The molecule has 0 bridgehead atoms. The Morgan fingerprint density at radius 3 is 2.71 bits per heavy atom. The van der Waals surface area contributed by atoms with Crippen molar-refractivity contribution < 1.29 is 19.0 Å². The molecule has 4 aromatic rings. The molecular formula is C25H26ClN5O4. The van der Waals surface area contributed by atoms with Crippen molar-refractivity contribution in [2.45, 2.75) is 19.8 Å². The number of rotatable bonds is 6. The summed E-state index contributed by atoms with van der Waals surface area (Å²) in [5.41, 5.74) is 2.17. The van der Waals surface area contributed by atoms with Crippen LogP contribution in [0.25, 0.3) is 27.9 Å². The van der Waals surface area contributed by atoms with E-state index in [9.17, 15) is 4.79 Å². The second-order valence-electron chi connectivity index (χ2n) is 8.36. The molecule has 1 aliphatic rings. The van der Waals surface area contributed by atoms with Crippen molar-refractivity contribution in [2.24, 2.45) is 5.92 Å². The lowest BCUT2D eigenvalue weighted by molar-refractivity contribution is -0.148. The third-order valence-electron chi connectivity index (χ3n) is 6.25. The minimum absolute atomic E-state index is 0.179. The number of esters is 1. The average molecular weight is 496 g/mol. The van der Waals surface area contributed by atoms with Crippen LogP contribution in [0.1, 0.15) is 19.8 Å². The lowest BCUT2D eigenvalue weighted by atomic mass is 9.98. The molecule has 182 valence electrons. The van der Waals surface area contributed by atoms with Crippen molar-refractivity contribution in [3.63, 3.8) is 0 Å². The minimum atomic E-state index is -0.225. The predicted molar refractivity (Wildman–Crippen MR) is 133 cm³/mol. The molecule has 0 spiro atoms. The first kappa shape index (κ1) is 23.2. The molecule has 1 atom stereocenters. The number of nitrogens with zero attached hydrogens (tertiary/aromatic N) is 5. The van der Waals surface area contributed by atoms with E-state index in [2.05, 4.69) is 15.1 Å².